The molecule has 2 rings (SSSR count). The largest absolute Gasteiger partial charge is 0.299 e. The second-order valence-corrected chi connectivity index (χ2v) is 5.06. The molecule has 0 saturated heterocycles. The normalized spacial score (nSPS) is 10.1. The maximum absolute atomic E-state index is 10.3. The number of hydrogen-bond acceptors (Lipinski definition) is 2. The minimum absolute atomic E-state index is 0.692. The Hall–Kier alpha value is -1.74. The summed E-state index contributed by atoms with van der Waals surface area (Å²) in [5, 5.41) is 0. The van der Waals surface area contributed by atoms with Crippen LogP contribution in [0.5, 0.6) is 0 Å². The smallest absolute Gasteiger partial charge is 0.217 e. The number of rotatable bonds is 4. The Morgan fingerprint density at radius 1 is 1.00 bits per heavy atom. The van der Waals surface area contributed by atoms with Crippen molar-refractivity contribution in [2.24, 2.45) is 0 Å². The van der Waals surface area contributed by atoms with Crippen molar-refractivity contribution in [1.82, 2.24) is 4.72 Å². The van der Waals surface area contributed by atoms with Gasteiger partial charge in [0.25, 0.3) is 0 Å². The molecule has 0 aliphatic rings. The first-order valence-corrected chi connectivity index (χ1v) is 6.56. The second-order valence-electron chi connectivity index (χ2n) is 4.18. The van der Waals surface area contributed by atoms with Crippen LogP contribution in [0.25, 0.3) is 11.1 Å². The molecular formula is C15H15NOS. The Labute approximate surface area is 112 Å². The van der Waals surface area contributed by atoms with Crippen molar-refractivity contribution < 1.29 is 4.79 Å². The van der Waals surface area contributed by atoms with E-state index >= 15 is 0 Å². The Morgan fingerprint density at radius 2 is 1.67 bits per heavy atom. The fraction of sp³-hybridized carbons (Fsp3) is 0.133. The first kappa shape index (κ1) is 12.7. The molecule has 0 bridgehead atoms. The number of nitrogens with one attached hydrogen (secondary N) is 1. The maximum atomic E-state index is 10.3. The highest BCUT2D eigenvalue weighted by atomic mass is 32.2. The lowest BCUT2D eigenvalue weighted by Crippen LogP contribution is -1.98. The highest BCUT2D eigenvalue weighted by Gasteiger charge is 2.02. The zero-order chi connectivity index (χ0) is 13.0. The van der Waals surface area contributed by atoms with Crippen LogP contribution in [0, 0.1) is 13.8 Å². The molecule has 0 aliphatic heterocycles. The van der Waals surface area contributed by atoms with Crippen LogP contribution >= 0.6 is 11.9 Å². The molecule has 2 aromatic rings. The molecule has 0 aromatic heterocycles. The number of amides is 1. The van der Waals surface area contributed by atoms with Crippen LogP contribution < -0.4 is 4.72 Å². The maximum Gasteiger partial charge on any atom is 0.217 e. The molecule has 0 radical (unpaired) electrons. The highest BCUT2D eigenvalue weighted by molar-refractivity contribution is 7.98. The molecular weight excluding hydrogens is 242 g/mol. The SMILES string of the molecule is Cc1ccc(-c2ccc(SNC=O)c(C)c2)cc1. The van der Waals surface area contributed by atoms with Crippen LogP contribution in [0.3, 0.4) is 0 Å². The van der Waals surface area contributed by atoms with Gasteiger partial charge in [0.1, 0.15) is 0 Å². The van der Waals surface area contributed by atoms with Crippen LogP contribution in [0.4, 0.5) is 0 Å². The third-order valence-corrected chi connectivity index (χ3v) is 3.67. The summed E-state index contributed by atoms with van der Waals surface area (Å²) in [6, 6.07) is 14.7. The summed E-state index contributed by atoms with van der Waals surface area (Å²) in [7, 11) is 0. The van der Waals surface area contributed by atoms with E-state index in [4.69, 9.17) is 0 Å². The molecule has 0 saturated carbocycles. The number of carbonyl (C=O) groups excluding carboxylic acids is 1. The molecule has 2 nitrogen and oxygen atoms in total. The first-order chi connectivity index (χ1) is 8.70. The number of aryl methyl sites for hydroxylation is 2. The zero-order valence-electron chi connectivity index (χ0n) is 10.4. The van der Waals surface area contributed by atoms with Crippen molar-refractivity contribution in [3.8, 4) is 11.1 Å². The second kappa shape index (κ2) is 5.74. The molecule has 0 atom stereocenters. The Kier molecular flexibility index (Phi) is 4.05. The van der Waals surface area contributed by atoms with Gasteiger partial charge in [-0.05, 0) is 48.6 Å². The standard InChI is InChI=1S/C15H15NOS/c1-11-3-5-13(6-4-11)14-7-8-15(12(2)9-14)18-16-10-17/h3-10H,1-2H3,(H,16,17). The Balaban J connectivity index is 2.28. The molecule has 3 heteroatoms. The predicted molar refractivity (Wildman–Crippen MR) is 76.4 cm³/mol. The van der Waals surface area contributed by atoms with Gasteiger partial charge in [0.2, 0.25) is 6.41 Å². The third-order valence-electron chi connectivity index (χ3n) is 2.78. The fourth-order valence-corrected chi connectivity index (χ4v) is 2.31. The Morgan fingerprint density at radius 3 is 2.28 bits per heavy atom. The van der Waals surface area contributed by atoms with Crippen molar-refractivity contribution in [1.29, 1.82) is 0 Å². The average Bonchev–Trinajstić information content (AvgIpc) is 2.38. The van der Waals surface area contributed by atoms with E-state index in [1.807, 2.05) is 13.0 Å². The highest BCUT2D eigenvalue weighted by Crippen LogP contribution is 2.26. The van der Waals surface area contributed by atoms with Gasteiger partial charge in [0.15, 0.2) is 0 Å². The van der Waals surface area contributed by atoms with Crippen molar-refractivity contribution in [3.05, 3.63) is 53.6 Å². The van der Waals surface area contributed by atoms with E-state index in [0.717, 1.165) is 10.5 Å². The van der Waals surface area contributed by atoms with Gasteiger partial charge in [-0.1, -0.05) is 42.0 Å². The summed E-state index contributed by atoms with van der Waals surface area (Å²) in [4.78, 5) is 11.3. The molecule has 1 N–H and O–H groups in total. The monoisotopic (exact) mass is 257 g/mol. The summed E-state index contributed by atoms with van der Waals surface area (Å²) >= 11 is 1.34. The molecule has 18 heavy (non-hydrogen) atoms. The number of benzene rings is 2. The summed E-state index contributed by atoms with van der Waals surface area (Å²) in [6.07, 6.45) is 0.692. The van der Waals surface area contributed by atoms with Crippen molar-refractivity contribution in [2.45, 2.75) is 18.7 Å². The quantitative estimate of drug-likeness (QED) is 0.668. The molecule has 92 valence electrons. The molecule has 0 heterocycles. The average molecular weight is 257 g/mol. The van der Waals surface area contributed by atoms with Gasteiger partial charge >= 0.3 is 0 Å². The molecule has 2 aromatic carbocycles. The summed E-state index contributed by atoms with van der Waals surface area (Å²) < 4.78 is 2.61. The van der Waals surface area contributed by atoms with Crippen molar-refractivity contribution in [3.63, 3.8) is 0 Å². The van der Waals surface area contributed by atoms with Crippen LogP contribution in [0.15, 0.2) is 47.4 Å². The third kappa shape index (κ3) is 2.93. The van der Waals surface area contributed by atoms with Gasteiger partial charge in [-0.3, -0.25) is 9.52 Å². The number of hydrogen-bond donors (Lipinski definition) is 1. The fourth-order valence-electron chi connectivity index (χ4n) is 1.78. The molecule has 0 aliphatic carbocycles. The van der Waals surface area contributed by atoms with Gasteiger partial charge in [-0.25, -0.2) is 0 Å². The van der Waals surface area contributed by atoms with E-state index in [1.54, 1.807) is 0 Å². The first-order valence-electron chi connectivity index (χ1n) is 5.74. The minimum atomic E-state index is 0.692. The van der Waals surface area contributed by atoms with Gasteiger partial charge < -0.3 is 0 Å². The van der Waals surface area contributed by atoms with Crippen LogP contribution in [0.1, 0.15) is 11.1 Å². The molecule has 0 spiro atoms. The van der Waals surface area contributed by atoms with Crippen molar-refractivity contribution in [2.75, 3.05) is 0 Å². The minimum Gasteiger partial charge on any atom is -0.299 e. The summed E-state index contributed by atoms with van der Waals surface area (Å²) in [5.41, 5.74) is 4.83. The van der Waals surface area contributed by atoms with Crippen LogP contribution in [-0.2, 0) is 4.79 Å². The zero-order valence-corrected chi connectivity index (χ0v) is 11.3. The van der Waals surface area contributed by atoms with E-state index in [1.165, 1.54) is 28.6 Å². The predicted octanol–water partition coefficient (Wildman–Crippen LogP) is 3.72. The van der Waals surface area contributed by atoms with E-state index in [-0.39, 0.29) is 0 Å². The molecule has 0 fully saturated rings. The lowest BCUT2D eigenvalue weighted by Gasteiger charge is -2.08. The van der Waals surface area contributed by atoms with Gasteiger partial charge in [-0.15, -0.1) is 0 Å². The van der Waals surface area contributed by atoms with Crippen molar-refractivity contribution >= 4 is 18.4 Å². The lowest BCUT2D eigenvalue weighted by atomic mass is 10.0. The Bertz CT molecular complexity index is 549. The van der Waals surface area contributed by atoms with Crippen LogP contribution in [0.2, 0.25) is 0 Å². The van der Waals surface area contributed by atoms with E-state index in [9.17, 15) is 4.79 Å². The van der Waals surface area contributed by atoms with Gasteiger partial charge in [0, 0.05) is 4.90 Å². The summed E-state index contributed by atoms with van der Waals surface area (Å²) in [6.45, 7) is 4.13. The van der Waals surface area contributed by atoms with E-state index in [2.05, 4.69) is 48.0 Å². The van der Waals surface area contributed by atoms with Gasteiger partial charge in [0.05, 0.1) is 0 Å². The van der Waals surface area contributed by atoms with E-state index in [0.29, 0.717) is 6.41 Å². The van der Waals surface area contributed by atoms with Gasteiger partial charge in [-0.2, -0.15) is 0 Å². The molecule has 1 amide bonds. The van der Waals surface area contributed by atoms with E-state index < -0.39 is 0 Å². The molecule has 0 unspecified atom stereocenters. The van der Waals surface area contributed by atoms with Crippen LogP contribution in [-0.4, -0.2) is 6.41 Å². The summed E-state index contributed by atoms with van der Waals surface area (Å²) in [5.74, 6) is 0. The number of carbonyl (C=O) groups is 1. The topological polar surface area (TPSA) is 29.1 Å². The lowest BCUT2D eigenvalue weighted by molar-refractivity contribution is -0.107.